The maximum atomic E-state index is 13.2. The molecule has 0 bridgehead atoms. The van der Waals surface area contributed by atoms with Crippen LogP contribution in [0.1, 0.15) is 37.0 Å². The molecule has 0 aliphatic rings. The maximum absolute atomic E-state index is 13.2. The van der Waals surface area contributed by atoms with E-state index in [0.29, 0.717) is 21.7 Å². The maximum Gasteiger partial charge on any atom is 0.276 e. The first kappa shape index (κ1) is 18.6. The van der Waals surface area contributed by atoms with Crippen molar-refractivity contribution in [2.45, 2.75) is 31.3 Å². The molecule has 0 saturated carbocycles. The van der Waals surface area contributed by atoms with Crippen LogP contribution in [0.25, 0.3) is 5.69 Å². The molecule has 0 fully saturated rings. The summed E-state index contributed by atoms with van der Waals surface area (Å²) in [4.78, 5) is 21.6. The largest absolute Gasteiger partial charge is 0.296 e. The molecule has 1 amide bonds. The molecule has 2 heterocycles. The van der Waals surface area contributed by atoms with Crippen molar-refractivity contribution >= 4 is 34.1 Å². The van der Waals surface area contributed by atoms with E-state index in [1.807, 2.05) is 11.6 Å². The minimum absolute atomic E-state index is 0.0820. The van der Waals surface area contributed by atoms with Crippen molar-refractivity contribution in [1.29, 1.82) is 0 Å². The molecule has 0 radical (unpaired) electrons. The van der Waals surface area contributed by atoms with Gasteiger partial charge in [-0.05, 0) is 30.5 Å². The highest BCUT2D eigenvalue weighted by Crippen LogP contribution is 2.27. The number of carbonyl (C=O) groups excluding carboxylic acids is 1. The van der Waals surface area contributed by atoms with Gasteiger partial charge in [-0.1, -0.05) is 32.5 Å². The van der Waals surface area contributed by atoms with Crippen molar-refractivity contribution in [3.63, 3.8) is 0 Å². The number of benzene rings is 1. The van der Waals surface area contributed by atoms with Crippen LogP contribution in [0.15, 0.2) is 41.0 Å². The Labute approximate surface area is 159 Å². The molecular formula is C18H19FN4OS2. The van der Waals surface area contributed by atoms with Crippen molar-refractivity contribution < 1.29 is 9.18 Å². The fourth-order valence-corrected chi connectivity index (χ4v) is 3.79. The standard InChI is InChI=1S/C18H19FN4OS2/c1-18(2,3)14-10-26-16(21-14)22-15(24)13-9-20-17(25-4)23(13)12-7-5-11(19)6-8-12/h5-10H,1-4H3,(H,21,22,24). The Balaban J connectivity index is 1.91. The number of nitrogens with zero attached hydrogens (tertiary/aromatic N) is 3. The van der Waals surface area contributed by atoms with Crippen LogP contribution < -0.4 is 5.32 Å². The summed E-state index contributed by atoms with van der Waals surface area (Å²) in [5.41, 5.74) is 1.89. The molecular weight excluding hydrogens is 371 g/mol. The molecule has 1 aromatic carbocycles. The van der Waals surface area contributed by atoms with Gasteiger partial charge in [0.15, 0.2) is 10.3 Å². The van der Waals surface area contributed by atoms with Crippen LogP contribution >= 0.6 is 23.1 Å². The smallest absolute Gasteiger partial charge is 0.276 e. The lowest BCUT2D eigenvalue weighted by Crippen LogP contribution is -2.17. The predicted molar refractivity (Wildman–Crippen MR) is 104 cm³/mol. The lowest BCUT2D eigenvalue weighted by Gasteiger charge is -2.14. The van der Waals surface area contributed by atoms with Crippen LogP contribution in [0.4, 0.5) is 9.52 Å². The third-order valence-corrected chi connectivity index (χ3v) is 5.13. The van der Waals surface area contributed by atoms with Gasteiger partial charge in [-0.3, -0.25) is 14.7 Å². The Bertz CT molecular complexity index is 926. The van der Waals surface area contributed by atoms with Crippen molar-refractivity contribution in [3.8, 4) is 5.69 Å². The van der Waals surface area contributed by atoms with Gasteiger partial charge in [0.25, 0.3) is 5.91 Å². The summed E-state index contributed by atoms with van der Waals surface area (Å²) >= 11 is 2.80. The Morgan fingerprint density at radius 1 is 1.27 bits per heavy atom. The Morgan fingerprint density at radius 2 is 1.96 bits per heavy atom. The molecule has 2 aromatic heterocycles. The van der Waals surface area contributed by atoms with Gasteiger partial charge in [0, 0.05) is 16.5 Å². The molecule has 3 rings (SSSR count). The van der Waals surface area contributed by atoms with Crippen LogP contribution in [0, 0.1) is 5.82 Å². The summed E-state index contributed by atoms with van der Waals surface area (Å²) in [6.45, 7) is 6.21. The minimum atomic E-state index is -0.330. The molecule has 0 atom stereocenters. The van der Waals surface area contributed by atoms with Crippen LogP contribution in [-0.4, -0.2) is 26.7 Å². The van der Waals surface area contributed by atoms with Crippen LogP contribution in [-0.2, 0) is 5.41 Å². The Kier molecular flexibility index (Phi) is 5.15. The van der Waals surface area contributed by atoms with E-state index in [1.54, 1.807) is 16.7 Å². The van der Waals surface area contributed by atoms with Crippen LogP contribution in [0.2, 0.25) is 0 Å². The van der Waals surface area contributed by atoms with Gasteiger partial charge in [-0.2, -0.15) is 0 Å². The number of thioether (sulfide) groups is 1. The second-order valence-electron chi connectivity index (χ2n) is 6.68. The van der Waals surface area contributed by atoms with E-state index in [9.17, 15) is 9.18 Å². The molecule has 0 aliphatic heterocycles. The SMILES string of the molecule is CSc1ncc(C(=O)Nc2nc(C(C)(C)C)cs2)n1-c1ccc(F)cc1. The highest BCUT2D eigenvalue weighted by atomic mass is 32.2. The van der Waals surface area contributed by atoms with Gasteiger partial charge in [0.1, 0.15) is 11.5 Å². The zero-order chi connectivity index (χ0) is 18.9. The number of amides is 1. The molecule has 0 unspecified atom stereocenters. The normalized spacial score (nSPS) is 11.6. The van der Waals surface area contributed by atoms with Crippen molar-refractivity contribution in [2.24, 2.45) is 0 Å². The van der Waals surface area contributed by atoms with E-state index in [-0.39, 0.29) is 17.1 Å². The molecule has 0 spiro atoms. The van der Waals surface area contributed by atoms with Gasteiger partial charge < -0.3 is 0 Å². The topological polar surface area (TPSA) is 59.8 Å². The van der Waals surface area contributed by atoms with Gasteiger partial charge in [0.2, 0.25) is 0 Å². The zero-order valence-electron chi connectivity index (χ0n) is 14.9. The van der Waals surface area contributed by atoms with Gasteiger partial charge in [0.05, 0.1) is 11.9 Å². The number of imidazole rings is 1. The molecule has 26 heavy (non-hydrogen) atoms. The molecule has 0 saturated heterocycles. The van der Waals surface area contributed by atoms with E-state index < -0.39 is 0 Å². The predicted octanol–water partition coefficient (Wildman–Crippen LogP) is 4.74. The lowest BCUT2D eigenvalue weighted by atomic mass is 9.93. The highest BCUT2D eigenvalue weighted by molar-refractivity contribution is 7.98. The number of rotatable bonds is 4. The quantitative estimate of drug-likeness (QED) is 0.654. The number of halogens is 1. The third kappa shape index (κ3) is 3.81. The van der Waals surface area contributed by atoms with Gasteiger partial charge in [-0.15, -0.1) is 11.3 Å². The Hall–Kier alpha value is -2.19. The number of carbonyl (C=O) groups is 1. The first-order chi connectivity index (χ1) is 12.3. The number of anilines is 1. The van der Waals surface area contributed by atoms with Crippen LogP contribution in [0.3, 0.4) is 0 Å². The van der Waals surface area contributed by atoms with E-state index in [0.717, 1.165) is 5.69 Å². The summed E-state index contributed by atoms with van der Waals surface area (Å²) in [6, 6.07) is 5.96. The summed E-state index contributed by atoms with van der Waals surface area (Å²) in [5, 5.41) is 5.97. The monoisotopic (exact) mass is 390 g/mol. The lowest BCUT2D eigenvalue weighted by molar-refractivity contribution is 0.102. The van der Waals surface area contributed by atoms with Crippen molar-refractivity contribution in [2.75, 3.05) is 11.6 Å². The third-order valence-electron chi connectivity index (χ3n) is 3.72. The van der Waals surface area contributed by atoms with Crippen LogP contribution in [0.5, 0.6) is 0 Å². The molecule has 136 valence electrons. The number of aromatic nitrogens is 3. The average molecular weight is 391 g/mol. The minimum Gasteiger partial charge on any atom is -0.296 e. The van der Waals surface area contributed by atoms with E-state index >= 15 is 0 Å². The highest BCUT2D eigenvalue weighted by Gasteiger charge is 2.21. The first-order valence-electron chi connectivity index (χ1n) is 7.94. The summed E-state index contributed by atoms with van der Waals surface area (Å²) in [7, 11) is 0. The van der Waals surface area contributed by atoms with E-state index in [4.69, 9.17) is 0 Å². The summed E-state index contributed by atoms with van der Waals surface area (Å²) < 4.78 is 14.9. The Morgan fingerprint density at radius 3 is 2.54 bits per heavy atom. The number of hydrogen-bond acceptors (Lipinski definition) is 5. The van der Waals surface area contributed by atoms with E-state index in [2.05, 4.69) is 36.1 Å². The molecule has 8 heteroatoms. The number of thiazole rings is 1. The molecule has 1 N–H and O–H groups in total. The second kappa shape index (κ2) is 7.20. The summed E-state index contributed by atoms with van der Waals surface area (Å²) in [5.74, 6) is -0.639. The number of hydrogen-bond donors (Lipinski definition) is 1. The molecule has 3 aromatic rings. The fourth-order valence-electron chi connectivity index (χ4n) is 2.32. The molecule has 5 nitrogen and oxygen atoms in total. The van der Waals surface area contributed by atoms with E-state index in [1.165, 1.54) is 41.4 Å². The molecule has 0 aliphatic carbocycles. The number of nitrogens with one attached hydrogen (secondary N) is 1. The second-order valence-corrected chi connectivity index (χ2v) is 8.32. The first-order valence-corrected chi connectivity index (χ1v) is 10.0. The fraction of sp³-hybridized carbons (Fsp3) is 0.278. The average Bonchev–Trinajstić information content (AvgIpc) is 3.21. The zero-order valence-corrected chi connectivity index (χ0v) is 16.5. The van der Waals surface area contributed by atoms with Gasteiger partial charge >= 0.3 is 0 Å². The van der Waals surface area contributed by atoms with Crippen molar-refractivity contribution in [3.05, 3.63) is 53.0 Å². The van der Waals surface area contributed by atoms with Gasteiger partial charge in [-0.25, -0.2) is 14.4 Å². The summed E-state index contributed by atoms with van der Waals surface area (Å²) in [6.07, 6.45) is 3.39. The van der Waals surface area contributed by atoms with Crippen molar-refractivity contribution in [1.82, 2.24) is 14.5 Å².